The van der Waals surface area contributed by atoms with Gasteiger partial charge in [-0.3, -0.25) is 14.9 Å². The number of fused-ring (bicyclic) bond motifs is 2. The number of carbonyl (C=O) groups excluding carboxylic acids is 1. The molecule has 1 aliphatic rings. The van der Waals surface area contributed by atoms with Crippen molar-refractivity contribution in [3.63, 3.8) is 0 Å². The average molecular weight is 546 g/mol. The molecule has 1 amide bonds. The van der Waals surface area contributed by atoms with E-state index < -0.39 is 0 Å². The van der Waals surface area contributed by atoms with Crippen LogP contribution >= 0.6 is 0 Å². The molecule has 0 atom stereocenters. The van der Waals surface area contributed by atoms with Gasteiger partial charge >= 0.3 is 0 Å². The van der Waals surface area contributed by atoms with Crippen molar-refractivity contribution in [3.05, 3.63) is 78.9 Å². The van der Waals surface area contributed by atoms with Crippen molar-refractivity contribution < 1.29 is 9.18 Å². The number of benzene rings is 2. The molecule has 9 heteroatoms. The summed E-state index contributed by atoms with van der Waals surface area (Å²) in [4.78, 5) is 30.2. The third-order valence-corrected chi connectivity index (χ3v) is 7.82. The topological polar surface area (TPSA) is 112 Å². The van der Waals surface area contributed by atoms with E-state index in [-0.39, 0.29) is 11.7 Å². The number of nitrogens with zero attached hydrogens (tertiary/aromatic N) is 4. The third kappa shape index (κ3) is 5.06. The second-order valence-electron chi connectivity index (χ2n) is 10.7. The van der Waals surface area contributed by atoms with Crippen molar-refractivity contribution in [1.82, 2.24) is 30.1 Å². The summed E-state index contributed by atoms with van der Waals surface area (Å²) in [5, 5.41) is 10.6. The van der Waals surface area contributed by atoms with Gasteiger partial charge in [0, 0.05) is 23.7 Å². The van der Waals surface area contributed by atoms with Gasteiger partial charge in [-0.25, -0.2) is 14.4 Å². The first-order valence-corrected chi connectivity index (χ1v) is 14.0. The molecular formula is C32H28FN7O. The molecule has 7 rings (SSSR count). The summed E-state index contributed by atoms with van der Waals surface area (Å²) in [6.45, 7) is 0. The van der Waals surface area contributed by atoms with Crippen LogP contribution in [0.5, 0.6) is 0 Å². The van der Waals surface area contributed by atoms with Gasteiger partial charge in [0.1, 0.15) is 11.3 Å². The maximum Gasteiger partial charge on any atom is 0.224 e. The highest BCUT2D eigenvalue weighted by Crippen LogP contribution is 2.32. The Kier molecular flexibility index (Phi) is 6.47. The van der Waals surface area contributed by atoms with Crippen LogP contribution in [-0.2, 0) is 4.79 Å². The van der Waals surface area contributed by atoms with Crippen LogP contribution in [0.1, 0.15) is 38.5 Å². The molecule has 4 aromatic heterocycles. The molecule has 41 heavy (non-hydrogen) atoms. The number of amides is 1. The molecule has 4 heterocycles. The molecule has 2 aromatic carbocycles. The minimum atomic E-state index is -0.281. The Hall–Kier alpha value is -4.92. The van der Waals surface area contributed by atoms with Gasteiger partial charge in [0.05, 0.1) is 34.1 Å². The number of nitrogens with one attached hydrogen (secondary N) is 3. The number of carbonyl (C=O) groups is 1. The molecule has 0 unspecified atom stereocenters. The van der Waals surface area contributed by atoms with Crippen LogP contribution in [0.25, 0.3) is 56.0 Å². The second-order valence-corrected chi connectivity index (χ2v) is 10.7. The summed E-state index contributed by atoms with van der Waals surface area (Å²) in [5.74, 6) is 0.790. The van der Waals surface area contributed by atoms with Crippen LogP contribution < -0.4 is 5.32 Å². The number of rotatable bonds is 6. The number of H-pyrrole nitrogens is 2. The summed E-state index contributed by atoms with van der Waals surface area (Å²) in [6.07, 6.45) is 9.90. The Morgan fingerprint density at radius 3 is 2.61 bits per heavy atom. The maximum atomic E-state index is 13.5. The van der Waals surface area contributed by atoms with Crippen molar-refractivity contribution in [2.75, 3.05) is 5.32 Å². The van der Waals surface area contributed by atoms with E-state index in [1.54, 1.807) is 24.5 Å². The summed E-state index contributed by atoms with van der Waals surface area (Å²) < 4.78 is 13.5. The van der Waals surface area contributed by atoms with E-state index in [0.29, 0.717) is 40.8 Å². The van der Waals surface area contributed by atoms with Crippen molar-refractivity contribution >= 4 is 33.7 Å². The van der Waals surface area contributed by atoms with E-state index in [0.717, 1.165) is 46.1 Å². The standard InChI is InChI=1S/C32H28FN7O/c33-22-11-9-20(10-12-22)24-7-4-8-26-29(24)38-32(37-26)31-30-27(39-40-31)14-13-25(36-30)21-16-23(18-34-17-21)35-28(41)15-19-5-2-1-3-6-19/h4,7-14,16-19H,1-3,5-6,15H2,(H,35,41)(H,37,38)(H,39,40). The van der Waals surface area contributed by atoms with Gasteiger partial charge in [0.15, 0.2) is 11.5 Å². The fraction of sp³-hybridized carbons (Fsp3) is 0.219. The van der Waals surface area contributed by atoms with Crippen LogP contribution in [0, 0.1) is 11.7 Å². The lowest BCUT2D eigenvalue weighted by molar-refractivity contribution is -0.117. The number of halogens is 1. The first kappa shape index (κ1) is 25.1. The lowest BCUT2D eigenvalue weighted by atomic mass is 9.87. The molecule has 0 spiro atoms. The van der Waals surface area contributed by atoms with Crippen molar-refractivity contribution in [2.24, 2.45) is 5.92 Å². The highest BCUT2D eigenvalue weighted by atomic mass is 19.1. The van der Waals surface area contributed by atoms with Crippen molar-refractivity contribution in [1.29, 1.82) is 0 Å². The van der Waals surface area contributed by atoms with Gasteiger partial charge in [-0.15, -0.1) is 0 Å². The van der Waals surface area contributed by atoms with Crippen molar-refractivity contribution in [2.45, 2.75) is 38.5 Å². The van der Waals surface area contributed by atoms with Gasteiger partial charge in [-0.05, 0) is 60.7 Å². The minimum Gasteiger partial charge on any atom is -0.336 e. The summed E-state index contributed by atoms with van der Waals surface area (Å²) in [6, 6.07) is 18.0. The van der Waals surface area contributed by atoms with Crippen LogP contribution in [0.3, 0.4) is 0 Å². The zero-order chi connectivity index (χ0) is 27.8. The van der Waals surface area contributed by atoms with Crippen molar-refractivity contribution in [3.8, 4) is 33.9 Å². The lowest BCUT2D eigenvalue weighted by Crippen LogP contribution is -2.18. The molecule has 0 aliphatic heterocycles. The minimum absolute atomic E-state index is 0.0290. The van der Waals surface area contributed by atoms with Crippen LogP contribution in [-0.4, -0.2) is 36.0 Å². The van der Waals surface area contributed by atoms with Crippen LogP contribution in [0.15, 0.2) is 73.1 Å². The zero-order valence-electron chi connectivity index (χ0n) is 22.3. The van der Waals surface area contributed by atoms with Crippen LogP contribution in [0.2, 0.25) is 0 Å². The fourth-order valence-electron chi connectivity index (χ4n) is 5.75. The Morgan fingerprint density at radius 1 is 0.902 bits per heavy atom. The van der Waals surface area contributed by atoms with E-state index in [1.807, 2.05) is 36.4 Å². The zero-order valence-corrected chi connectivity index (χ0v) is 22.3. The third-order valence-electron chi connectivity index (χ3n) is 7.82. The highest BCUT2D eigenvalue weighted by molar-refractivity contribution is 5.96. The molecule has 1 fully saturated rings. The molecule has 1 aliphatic carbocycles. The molecule has 0 saturated heterocycles. The van der Waals surface area contributed by atoms with E-state index in [4.69, 9.17) is 9.97 Å². The Balaban J connectivity index is 1.19. The second kappa shape index (κ2) is 10.6. The van der Waals surface area contributed by atoms with E-state index >= 15 is 0 Å². The molecule has 204 valence electrons. The van der Waals surface area contributed by atoms with Gasteiger partial charge in [0.25, 0.3) is 0 Å². The molecule has 8 nitrogen and oxygen atoms in total. The van der Waals surface area contributed by atoms with Gasteiger partial charge in [-0.2, -0.15) is 5.10 Å². The summed E-state index contributed by atoms with van der Waals surface area (Å²) >= 11 is 0. The van der Waals surface area contributed by atoms with Crippen LogP contribution in [0.4, 0.5) is 10.1 Å². The number of para-hydroxylation sites is 1. The lowest BCUT2D eigenvalue weighted by Gasteiger charge is -2.20. The van der Waals surface area contributed by atoms with Gasteiger partial charge in [-0.1, -0.05) is 43.5 Å². The van der Waals surface area contributed by atoms with E-state index in [2.05, 4.69) is 25.5 Å². The number of pyridine rings is 2. The quantitative estimate of drug-likeness (QED) is 0.204. The average Bonchev–Trinajstić information content (AvgIpc) is 3.62. The summed E-state index contributed by atoms with van der Waals surface area (Å²) in [5.41, 5.74) is 7.56. The molecule has 0 radical (unpaired) electrons. The monoisotopic (exact) mass is 545 g/mol. The Morgan fingerprint density at radius 2 is 1.76 bits per heavy atom. The number of anilines is 1. The molecule has 3 N–H and O–H groups in total. The van der Waals surface area contributed by atoms with E-state index in [9.17, 15) is 9.18 Å². The predicted molar refractivity (Wildman–Crippen MR) is 157 cm³/mol. The fourth-order valence-corrected chi connectivity index (χ4v) is 5.75. The van der Waals surface area contributed by atoms with E-state index in [1.165, 1.54) is 31.4 Å². The molecular weight excluding hydrogens is 517 g/mol. The number of hydrogen-bond donors (Lipinski definition) is 3. The highest BCUT2D eigenvalue weighted by Gasteiger charge is 2.19. The smallest absolute Gasteiger partial charge is 0.224 e. The number of imidazole rings is 1. The SMILES string of the molecule is O=C(CC1CCCCC1)Nc1cncc(-c2ccc3[nH]nc(-c4nc5c(-c6ccc(F)cc6)cccc5[nH]4)c3n2)c1. The van der Waals surface area contributed by atoms with Gasteiger partial charge in [0.2, 0.25) is 5.91 Å². The molecule has 0 bridgehead atoms. The Labute approximate surface area is 235 Å². The normalized spacial score (nSPS) is 14.1. The molecule has 6 aromatic rings. The molecule has 1 saturated carbocycles. The first-order valence-electron chi connectivity index (χ1n) is 14.0. The summed E-state index contributed by atoms with van der Waals surface area (Å²) in [7, 11) is 0. The number of aromatic amines is 2. The number of aromatic nitrogens is 6. The number of hydrogen-bond acceptors (Lipinski definition) is 5. The predicted octanol–water partition coefficient (Wildman–Crippen LogP) is 7.28. The maximum absolute atomic E-state index is 13.5. The largest absolute Gasteiger partial charge is 0.336 e. The first-order chi connectivity index (χ1) is 20.1. The van der Waals surface area contributed by atoms with Gasteiger partial charge < -0.3 is 10.3 Å². The Bertz CT molecular complexity index is 1870.